The molecule has 26 heavy (non-hydrogen) atoms. The second kappa shape index (κ2) is 8.23. The van der Waals surface area contributed by atoms with Crippen LogP contribution in [-0.4, -0.2) is 42.9 Å². The maximum atomic E-state index is 12.4. The van der Waals surface area contributed by atoms with Crippen LogP contribution in [0.25, 0.3) is 0 Å². The van der Waals surface area contributed by atoms with E-state index in [9.17, 15) is 4.79 Å². The first-order chi connectivity index (χ1) is 12.6. The summed E-state index contributed by atoms with van der Waals surface area (Å²) in [7, 11) is 5.08. The fourth-order valence-electron chi connectivity index (χ4n) is 2.75. The van der Waals surface area contributed by atoms with Crippen LogP contribution in [-0.2, 0) is 16.6 Å². The van der Waals surface area contributed by atoms with E-state index in [1.165, 1.54) is 12.8 Å². The standard InChI is InChI=1S/C19H25N3O4/c1-22-7-6-20-19(22)18(21-17(23)12-26-11-13-4-5-13)14-8-15(24-2)10-16(9-14)25-3/h6-10,13,18H,4-5,11-12H2,1-3H3,(H,21,23). The Morgan fingerprint density at radius 3 is 2.50 bits per heavy atom. The van der Waals surface area contributed by atoms with Gasteiger partial charge in [-0.2, -0.15) is 0 Å². The lowest BCUT2D eigenvalue weighted by Crippen LogP contribution is -2.34. The van der Waals surface area contributed by atoms with E-state index in [0.29, 0.717) is 24.0 Å². The molecule has 1 heterocycles. The molecule has 0 radical (unpaired) electrons. The molecule has 1 atom stereocenters. The quantitative estimate of drug-likeness (QED) is 0.742. The average Bonchev–Trinajstić information content (AvgIpc) is 3.38. The summed E-state index contributed by atoms with van der Waals surface area (Å²) < 4.78 is 18.1. The molecule has 1 aliphatic carbocycles. The molecule has 1 aromatic carbocycles. The van der Waals surface area contributed by atoms with E-state index in [1.54, 1.807) is 26.5 Å². The van der Waals surface area contributed by atoms with Gasteiger partial charge >= 0.3 is 0 Å². The van der Waals surface area contributed by atoms with Crippen LogP contribution >= 0.6 is 0 Å². The molecule has 0 aliphatic heterocycles. The predicted molar refractivity (Wildman–Crippen MR) is 96.3 cm³/mol. The summed E-state index contributed by atoms with van der Waals surface area (Å²) >= 11 is 0. The molecule has 7 heteroatoms. The van der Waals surface area contributed by atoms with Crippen LogP contribution < -0.4 is 14.8 Å². The van der Waals surface area contributed by atoms with E-state index < -0.39 is 6.04 Å². The molecule has 1 amide bonds. The lowest BCUT2D eigenvalue weighted by atomic mass is 10.0. The van der Waals surface area contributed by atoms with Gasteiger partial charge in [-0.05, 0) is 36.5 Å². The Bertz CT molecular complexity index is 733. The first-order valence-corrected chi connectivity index (χ1v) is 8.68. The van der Waals surface area contributed by atoms with Crippen LogP contribution in [0.4, 0.5) is 0 Å². The zero-order chi connectivity index (χ0) is 18.5. The summed E-state index contributed by atoms with van der Waals surface area (Å²) in [4.78, 5) is 16.8. The van der Waals surface area contributed by atoms with Crippen LogP contribution in [0.2, 0.25) is 0 Å². The number of nitrogens with one attached hydrogen (secondary N) is 1. The minimum atomic E-state index is -0.434. The Morgan fingerprint density at radius 2 is 1.96 bits per heavy atom. The van der Waals surface area contributed by atoms with Crippen LogP contribution in [0.15, 0.2) is 30.6 Å². The highest BCUT2D eigenvalue weighted by atomic mass is 16.5. The van der Waals surface area contributed by atoms with Gasteiger partial charge in [-0.15, -0.1) is 0 Å². The lowest BCUT2D eigenvalue weighted by Gasteiger charge is -2.20. The number of rotatable bonds is 9. The Kier molecular flexibility index (Phi) is 5.78. The SMILES string of the molecule is COc1cc(OC)cc(C(NC(=O)COCC2CC2)c2nccn2C)c1. The van der Waals surface area contributed by atoms with Gasteiger partial charge in [0.15, 0.2) is 0 Å². The average molecular weight is 359 g/mol. The molecule has 1 aliphatic rings. The highest BCUT2D eigenvalue weighted by Crippen LogP contribution is 2.30. The van der Waals surface area contributed by atoms with Crippen molar-refractivity contribution in [3.63, 3.8) is 0 Å². The summed E-state index contributed by atoms with van der Waals surface area (Å²) in [6.45, 7) is 0.687. The van der Waals surface area contributed by atoms with Crippen molar-refractivity contribution >= 4 is 5.91 Å². The lowest BCUT2D eigenvalue weighted by molar-refractivity contribution is -0.126. The Morgan fingerprint density at radius 1 is 1.27 bits per heavy atom. The van der Waals surface area contributed by atoms with Gasteiger partial charge in [-0.3, -0.25) is 4.79 Å². The van der Waals surface area contributed by atoms with Crippen LogP contribution in [0.3, 0.4) is 0 Å². The molecule has 140 valence electrons. The molecule has 1 aromatic heterocycles. The van der Waals surface area contributed by atoms with Gasteiger partial charge in [0.2, 0.25) is 5.91 Å². The minimum absolute atomic E-state index is 0.0402. The molecular formula is C19H25N3O4. The van der Waals surface area contributed by atoms with E-state index in [1.807, 2.05) is 29.9 Å². The summed E-state index contributed by atoms with van der Waals surface area (Å²) in [5.41, 5.74) is 0.825. The molecule has 0 saturated heterocycles. The highest BCUT2D eigenvalue weighted by molar-refractivity contribution is 5.78. The maximum absolute atomic E-state index is 12.4. The predicted octanol–water partition coefficient (Wildman–Crippen LogP) is 2.07. The number of benzene rings is 1. The fraction of sp³-hybridized carbons (Fsp3) is 0.474. The van der Waals surface area contributed by atoms with Gasteiger partial charge in [0.25, 0.3) is 0 Å². The maximum Gasteiger partial charge on any atom is 0.246 e. The van der Waals surface area contributed by atoms with Crippen LogP contribution in [0.1, 0.15) is 30.3 Å². The van der Waals surface area contributed by atoms with Crippen molar-refractivity contribution in [2.24, 2.45) is 13.0 Å². The Labute approximate surface area is 153 Å². The number of amides is 1. The summed E-state index contributed by atoms with van der Waals surface area (Å²) in [6, 6.07) is 5.09. The van der Waals surface area contributed by atoms with Gasteiger partial charge < -0.3 is 24.1 Å². The number of ether oxygens (including phenoxy) is 3. The first-order valence-electron chi connectivity index (χ1n) is 8.68. The molecule has 1 N–H and O–H groups in total. The van der Waals surface area contributed by atoms with E-state index in [-0.39, 0.29) is 12.5 Å². The summed E-state index contributed by atoms with van der Waals surface area (Å²) in [5.74, 6) is 2.46. The normalized spacial score (nSPS) is 14.7. The largest absolute Gasteiger partial charge is 0.497 e. The monoisotopic (exact) mass is 359 g/mol. The van der Waals surface area contributed by atoms with Crippen molar-refractivity contribution < 1.29 is 19.0 Å². The number of aryl methyl sites for hydroxylation is 1. The number of methoxy groups -OCH3 is 2. The van der Waals surface area contributed by atoms with Gasteiger partial charge in [-0.25, -0.2) is 4.98 Å². The smallest absolute Gasteiger partial charge is 0.246 e. The number of hydrogen-bond acceptors (Lipinski definition) is 5. The molecular weight excluding hydrogens is 334 g/mol. The van der Waals surface area contributed by atoms with Crippen molar-refractivity contribution in [3.8, 4) is 11.5 Å². The molecule has 1 unspecified atom stereocenters. The van der Waals surface area contributed by atoms with Crippen LogP contribution in [0.5, 0.6) is 11.5 Å². The van der Waals surface area contributed by atoms with Gasteiger partial charge in [0.05, 0.1) is 20.8 Å². The second-order valence-corrected chi connectivity index (χ2v) is 6.50. The molecule has 3 rings (SSSR count). The fourth-order valence-corrected chi connectivity index (χ4v) is 2.75. The van der Waals surface area contributed by atoms with Crippen molar-refractivity contribution in [3.05, 3.63) is 42.0 Å². The van der Waals surface area contributed by atoms with E-state index >= 15 is 0 Å². The van der Waals surface area contributed by atoms with Gasteiger partial charge in [0.1, 0.15) is 30.0 Å². The van der Waals surface area contributed by atoms with Crippen molar-refractivity contribution in [1.82, 2.24) is 14.9 Å². The third-order valence-electron chi connectivity index (χ3n) is 4.41. The molecule has 2 aromatic rings. The number of hydrogen-bond donors (Lipinski definition) is 1. The van der Waals surface area contributed by atoms with E-state index in [4.69, 9.17) is 14.2 Å². The molecule has 1 fully saturated rings. The number of carbonyl (C=O) groups is 1. The van der Waals surface area contributed by atoms with Gasteiger partial charge in [0, 0.05) is 25.5 Å². The van der Waals surface area contributed by atoms with Crippen LogP contribution in [0, 0.1) is 5.92 Å². The number of aromatic nitrogens is 2. The second-order valence-electron chi connectivity index (χ2n) is 6.50. The Hall–Kier alpha value is -2.54. The molecule has 1 saturated carbocycles. The minimum Gasteiger partial charge on any atom is -0.497 e. The van der Waals surface area contributed by atoms with E-state index in [2.05, 4.69) is 10.3 Å². The van der Waals surface area contributed by atoms with E-state index in [0.717, 1.165) is 11.4 Å². The zero-order valence-electron chi connectivity index (χ0n) is 15.4. The molecule has 0 spiro atoms. The van der Waals surface area contributed by atoms with Crippen molar-refractivity contribution in [2.45, 2.75) is 18.9 Å². The molecule has 0 bridgehead atoms. The summed E-state index contributed by atoms with van der Waals surface area (Å²) in [5, 5.41) is 3.01. The Balaban J connectivity index is 1.81. The third kappa shape index (κ3) is 4.54. The number of carbonyl (C=O) groups excluding carboxylic acids is 1. The third-order valence-corrected chi connectivity index (χ3v) is 4.41. The van der Waals surface area contributed by atoms with Crippen molar-refractivity contribution in [1.29, 1.82) is 0 Å². The number of nitrogens with zero attached hydrogens (tertiary/aromatic N) is 2. The topological polar surface area (TPSA) is 74.6 Å². The zero-order valence-corrected chi connectivity index (χ0v) is 15.4. The number of imidazole rings is 1. The highest BCUT2D eigenvalue weighted by Gasteiger charge is 2.24. The molecule has 7 nitrogen and oxygen atoms in total. The van der Waals surface area contributed by atoms with Gasteiger partial charge in [-0.1, -0.05) is 0 Å². The van der Waals surface area contributed by atoms with Crippen molar-refractivity contribution in [2.75, 3.05) is 27.4 Å². The first kappa shape index (κ1) is 18.3. The summed E-state index contributed by atoms with van der Waals surface area (Å²) in [6.07, 6.45) is 5.94.